The monoisotopic (exact) mass is 409 g/mol. The highest BCUT2D eigenvalue weighted by atomic mass is 16.5. The highest BCUT2D eigenvalue weighted by Crippen LogP contribution is 2.28. The zero-order valence-electron chi connectivity index (χ0n) is 18.7. The summed E-state index contributed by atoms with van der Waals surface area (Å²) in [5.74, 6) is 1.14. The minimum atomic E-state index is -0.0531. The molecule has 1 aliphatic heterocycles. The first kappa shape index (κ1) is 22.3. The molecule has 5 nitrogen and oxygen atoms in total. The molecule has 0 unspecified atom stereocenters. The number of rotatable bonds is 9. The number of ether oxygens (including phenoxy) is 1. The summed E-state index contributed by atoms with van der Waals surface area (Å²) in [4.78, 5) is 13.2. The van der Waals surface area contributed by atoms with E-state index in [4.69, 9.17) is 4.74 Å². The number of para-hydroxylation sites is 1. The van der Waals surface area contributed by atoms with E-state index in [-0.39, 0.29) is 11.9 Å². The molecule has 5 heteroatoms. The molecule has 0 saturated carbocycles. The van der Waals surface area contributed by atoms with Gasteiger partial charge in [-0.25, -0.2) is 10.0 Å². The Balaban J connectivity index is 1.79. The van der Waals surface area contributed by atoms with E-state index in [0.29, 0.717) is 23.8 Å². The van der Waals surface area contributed by atoms with E-state index in [1.54, 1.807) is 0 Å². The predicted octanol–water partition coefficient (Wildman–Crippen LogP) is 4.13. The van der Waals surface area contributed by atoms with Crippen LogP contribution in [-0.2, 0) is 13.0 Å². The maximum Gasteiger partial charge on any atom is 0.255 e. The molecule has 1 fully saturated rings. The first-order valence-corrected chi connectivity index (χ1v) is 11.1. The number of hydrogen-bond donors (Lipinski definition) is 1. The quantitative estimate of drug-likeness (QED) is 0.676. The molecule has 1 aliphatic rings. The lowest BCUT2D eigenvalue weighted by Gasteiger charge is -2.24. The SMILES string of the molecule is CCN1CC(NC(=O)c2cccc(CC(C)C)c2OCc2ccccc2)CN1CC. The van der Waals surface area contributed by atoms with Crippen molar-refractivity contribution in [3.8, 4) is 5.75 Å². The number of carbonyl (C=O) groups is 1. The fourth-order valence-corrected chi connectivity index (χ4v) is 4.07. The van der Waals surface area contributed by atoms with Crippen molar-refractivity contribution in [2.24, 2.45) is 5.92 Å². The van der Waals surface area contributed by atoms with Gasteiger partial charge in [0.15, 0.2) is 0 Å². The summed E-state index contributed by atoms with van der Waals surface area (Å²) in [6.07, 6.45) is 0.877. The molecule has 0 bridgehead atoms. The molecule has 1 heterocycles. The molecule has 0 aromatic heterocycles. The van der Waals surface area contributed by atoms with E-state index in [1.807, 2.05) is 42.5 Å². The van der Waals surface area contributed by atoms with Gasteiger partial charge in [0.1, 0.15) is 12.4 Å². The summed E-state index contributed by atoms with van der Waals surface area (Å²) in [5.41, 5.74) is 2.81. The minimum Gasteiger partial charge on any atom is -0.488 e. The van der Waals surface area contributed by atoms with Gasteiger partial charge in [-0.1, -0.05) is 70.2 Å². The average molecular weight is 410 g/mol. The Hall–Kier alpha value is -2.37. The van der Waals surface area contributed by atoms with Crippen LogP contribution in [0.5, 0.6) is 5.75 Å². The fourth-order valence-electron chi connectivity index (χ4n) is 4.07. The summed E-state index contributed by atoms with van der Waals surface area (Å²) in [6.45, 7) is 12.7. The molecular formula is C25H35N3O2. The molecule has 0 radical (unpaired) electrons. The van der Waals surface area contributed by atoms with Crippen molar-refractivity contribution in [2.75, 3.05) is 26.2 Å². The lowest BCUT2D eigenvalue weighted by atomic mass is 9.99. The Morgan fingerprint density at radius 2 is 1.70 bits per heavy atom. The van der Waals surface area contributed by atoms with Crippen molar-refractivity contribution in [3.05, 3.63) is 65.2 Å². The molecule has 0 spiro atoms. The number of nitrogens with zero attached hydrogens (tertiary/aromatic N) is 2. The fraction of sp³-hybridized carbons (Fsp3) is 0.480. The lowest BCUT2D eigenvalue weighted by Crippen LogP contribution is -2.38. The Morgan fingerprint density at radius 3 is 2.30 bits per heavy atom. The lowest BCUT2D eigenvalue weighted by molar-refractivity contribution is 0.0388. The van der Waals surface area contributed by atoms with Gasteiger partial charge in [-0.2, -0.15) is 0 Å². The molecule has 0 atom stereocenters. The second-order valence-corrected chi connectivity index (χ2v) is 8.35. The molecule has 1 N–H and O–H groups in total. The van der Waals surface area contributed by atoms with Crippen LogP contribution in [0.3, 0.4) is 0 Å². The van der Waals surface area contributed by atoms with Gasteiger partial charge in [-0.05, 0) is 29.5 Å². The molecular weight excluding hydrogens is 374 g/mol. The zero-order chi connectivity index (χ0) is 21.5. The van der Waals surface area contributed by atoms with Gasteiger partial charge in [-0.3, -0.25) is 4.79 Å². The maximum absolute atomic E-state index is 13.2. The van der Waals surface area contributed by atoms with Gasteiger partial charge >= 0.3 is 0 Å². The predicted molar refractivity (Wildman–Crippen MR) is 122 cm³/mol. The number of amides is 1. The van der Waals surface area contributed by atoms with Crippen LogP contribution in [0.2, 0.25) is 0 Å². The molecule has 3 rings (SSSR count). The van der Waals surface area contributed by atoms with E-state index < -0.39 is 0 Å². The van der Waals surface area contributed by atoms with Gasteiger partial charge in [-0.15, -0.1) is 0 Å². The highest BCUT2D eigenvalue weighted by molar-refractivity contribution is 5.97. The number of nitrogens with one attached hydrogen (secondary N) is 1. The maximum atomic E-state index is 13.2. The van der Waals surface area contributed by atoms with Crippen LogP contribution >= 0.6 is 0 Å². The van der Waals surface area contributed by atoms with E-state index in [0.717, 1.165) is 43.7 Å². The molecule has 2 aromatic rings. The van der Waals surface area contributed by atoms with Gasteiger partial charge in [0.2, 0.25) is 0 Å². The summed E-state index contributed by atoms with van der Waals surface area (Å²) < 4.78 is 6.24. The molecule has 1 saturated heterocycles. The molecule has 0 aliphatic carbocycles. The third-order valence-corrected chi connectivity index (χ3v) is 5.52. The smallest absolute Gasteiger partial charge is 0.255 e. The van der Waals surface area contributed by atoms with E-state index >= 15 is 0 Å². The van der Waals surface area contributed by atoms with Crippen molar-refractivity contribution in [1.82, 2.24) is 15.3 Å². The number of hydrogen-bond acceptors (Lipinski definition) is 4. The Kier molecular flexibility index (Phi) is 7.88. The highest BCUT2D eigenvalue weighted by Gasteiger charge is 2.30. The first-order valence-electron chi connectivity index (χ1n) is 11.1. The van der Waals surface area contributed by atoms with Crippen molar-refractivity contribution >= 4 is 5.91 Å². The van der Waals surface area contributed by atoms with Crippen LogP contribution in [0.4, 0.5) is 0 Å². The molecule has 1 amide bonds. The summed E-state index contributed by atoms with van der Waals surface area (Å²) in [7, 11) is 0. The van der Waals surface area contributed by atoms with Crippen LogP contribution in [0, 0.1) is 5.92 Å². The van der Waals surface area contributed by atoms with Gasteiger partial charge in [0, 0.05) is 26.2 Å². The second-order valence-electron chi connectivity index (χ2n) is 8.35. The van der Waals surface area contributed by atoms with Crippen molar-refractivity contribution < 1.29 is 9.53 Å². The Labute approximate surface area is 181 Å². The van der Waals surface area contributed by atoms with E-state index in [2.05, 4.69) is 49.1 Å². The standard InChI is InChI=1S/C25H35N3O2/c1-5-27-16-22(17-28(27)6-2)26-25(29)23-14-10-13-21(15-19(3)4)24(23)30-18-20-11-8-7-9-12-20/h7-14,19,22H,5-6,15-18H2,1-4H3,(H,26,29). The van der Waals surface area contributed by atoms with Crippen molar-refractivity contribution in [3.63, 3.8) is 0 Å². The van der Waals surface area contributed by atoms with Crippen LogP contribution < -0.4 is 10.1 Å². The number of benzene rings is 2. The summed E-state index contributed by atoms with van der Waals surface area (Å²) >= 11 is 0. The third-order valence-electron chi connectivity index (χ3n) is 5.52. The van der Waals surface area contributed by atoms with Crippen LogP contribution in [0.25, 0.3) is 0 Å². The summed E-state index contributed by atoms with van der Waals surface area (Å²) in [6, 6.07) is 16.1. The normalized spacial score (nSPS) is 15.6. The van der Waals surface area contributed by atoms with Gasteiger partial charge < -0.3 is 10.1 Å². The third kappa shape index (κ3) is 5.61. The average Bonchev–Trinajstić information content (AvgIpc) is 3.14. The topological polar surface area (TPSA) is 44.8 Å². The Morgan fingerprint density at radius 1 is 1.03 bits per heavy atom. The number of hydrazine groups is 1. The zero-order valence-corrected chi connectivity index (χ0v) is 18.7. The number of carbonyl (C=O) groups excluding carboxylic acids is 1. The van der Waals surface area contributed by atoms with Gasteiger partial charge in [0.05, 0.1) is 11.6 Å². The van der Waals surface area contributed by atoms with Crippen LogP contribution in [0.1, 0.15) is 49.2 Å². The number of likely N-dealkylation sites (N-methyl/N-ethyl adjacent to an activating group) is 2. The molecule has 162 valence electrons. The van der Waals surface area contributed by atoms with Gasteiger partial charge in [0.25, 0.3) is 5.91 Å². The minimum absolute atomic E-state index is 0.0531. The first-order chi connectivity index (χ1) is 14.5. The summed E-state index contributed by atoms with van der Waals surface area (Å²) in [5, 5.41) is 7.84. The van der Waals surface area contributed by atoms with Crippen LogP contribution in [0.15, 0.2) is 48.5 Å². The molecule has 30 heavy (non-hydrogen) atoms. The van der Waals surface area contributed by atoms with Crippen LogP contribution in [-0.4, -0.2) is 48.1 Å². The second kappa shape index (κ2) is 10.6. The van der Waals surface area contributed by atoms with Crippen molar-refractivity contribution in [1.29, 1.82) is 0 Å². The molecule has 2 aromatic carbocycles. The van der Waals surface area contributed by atoms with E-state index in [1.165, 1.54) is 0 Å². The largest absolute Gasteiger partial charge is 0.488 e. The van der Waals surface area contributed by atoms with Crippen molar-refractivity contribution in [2.45, 2.75) is 46.8 Å². The van der Waals surface area contributed by atoms with E-state index in [9.17, 15) is 4.79 Å². The Bertz CT molecular complexity index is 810.